The second-order valence-electron chi connectivity index (χ2n) is 6.78. The molecule has 0 amide bonds. The highest BCUT2D eigenvalue weighted by molar-refractivity contribution is 7.19. The highest BCUT2D eigenvalue weighted by Crippen LogP contribution is 2.41. The van der Waals surface area contributed by atoms with Gasteiger partial charge in [0.25, 0.3) is 0 Å². The Morgan fingerprint density at radius 1 is 1.17 bits per heavy atom. The number of benzene rings is 2. The zero-order valence-corrected chi connectivity index (χ0v) is 17.4. The van der Waals surface area contributed by atoms with Gasteiger partial charge < -0.3 is 10.1 Å². The van der Waals surface area contributed by atoms with Crippen LogP contribution in [0.25, 0.3) is 21.3 Å². The van der Waals surface area contributed by atoms with E-state index in [2.05, 4.69) is 15.3 Å². The van der Waals surface area contributed by atoms with Crippen molar-refractivity contribution < 1.29 is 13.9 Å². The number of hydrogen-bond acceptors (Lipinski definition) is 6. The first-order valence-electron chi connectivity index (χ1n) is 9.61. The van der Waals surface area contributed by atoms with Crippen molar-refractivity contribution in [3.8, 4) is 11.1 Å². The smallest absolute Gasteiger partial charge is 0.338 e. The lowest BCUT2D eigenvalue weighted by atomic mass is 10.0. The molecule has 4 aromatic rings. The van der Waals surface area contributed by atoms with Gasteiger partial charge in [-0.3, -0.25) is 0 Å². The molecule has 0 fully saturated rings. The van der Waals surface area contributed by atoms with Crippen LogP contribution in [0.1, 0.15) is 28.6 Å². The van der Waals surface area contributed by atoms with Gasteiger partial charge in [0.05, 0.1) is 17.6 Å². The number of carbonyl (C=O) groups excluding carboxylic acids is 1. The zero-order chi connectivity index (χ0) is 21.1. The van der Waals surface area contributed by atoms with E-state index in [1.807, 2.05) is 19.9 Å². The van der Waals surface area contributed by atoms with Crippen LogP contribution in [0.3, 0.4) is 0 Å². The number of anilines is 2. The van der Waals surface area contributed by atoms with Crippen molar-refractivity contribution >= 4 is 39.0 Å². The molecule has 0 radical (unpaired) electrons. The molecule has 7 heteroatoms. The fourth-order valence-corrected chi connectivity index (χ4v) is 4.25. The van der Waals surface area contributed by atoms with Crippen LogP contribution < -0.4 is 5.32 Å². The third-order valence-electron chi connectivity index (χ3n) is 4.60. The summed E-state index contributed by atoms with van der Waals surface area (Å²) >= 11 is 1.56. The minimum Gasteiger partial charge on any atom is -0.462 e. The van der Waals surface area contributed by atoms with Gasteiger partial charge in [-0.2, -0.15) is 0 Å². The average Bonchev–Trinajstić information content (AvgIpc) is 3.09. The van der Waals surface area contributed by atoms with Crippen LogP contribution in [0.4, 0.5) is 15.9 Å². The van der Waals surface area contributed by atoms with Crippen molar-refractivity contribution in [1.82, 2.24) is 9.97 Å². The van der Waals surface area contributed by atoms with Gasteiger partial charge in [-0.05, 0) is 49.2 Å². The first-order chi connectivity index (χ1) is 14.6. The van der Waals surface area contributed by atoms with Crippen molar-refractivity contribution in [1.29, 1.82) is 0 Å². The third kappa shape index (κ3) is 4.02. The van der Waals surface area contributed by atoms with Gasteiger partial charge in [-0.1, -0.05) is 25.1 Å². The van der Waals surface area contributed by atoms with E-state index in [-0.39, 0.29) is 11.8 Å². The number of aryl methyl sites for hydroxylation is 1. The lowest BCUT2D eigenvalue weighted by molar-refractivity contribution is 0.0505. The summed E-state index contributed by atoms with van der Waals surface area (Å²) in [6.45, 7) is 4.35. The van der Waals surface area contributed by atoms with Gasteiger partial charge in [0.2, 0.25) is 0 Å². The second-order valence-corrected chi connectivity index (χ2v) is 7.99. The standard InChI is InChI=1S/C23H20FN3O2S/c1-3-11-29-23(28)16-5-4-6-18(12-16)27-21-20-19(15-7-9-17(24)10-8-15)14(2)30-22(20)26-13-25-21/h4-10,12-13H,3,11H2,1-2H3,(H,25,26,27). The van der Waals surface area contributed by atoms with Crippen LogP contribution in [0.5, 0.6) is 0 Å². The van der Waals surface area contributed by atoms with E-state index in [4.69, 9.17) is 4.74 Å². The number of nitrogens with one attached hydrogen (secondary N) is 1. The van der Waals surface area contributed by atoms with E-state index in [1.165, 1.54) is 18.5 Å². The molecule has 152 valence electrons. The van der Waals surface area contributed by atoms with E-state index >= 15 is 0 Å². The molecule has 0 unspecified atom stereocenters. The number of hydrogen-bond donors (Lipinski definition) is 1. The molecule has 5 nitrogen and oxygen atoms in total. The summed E-state index contributed by atoms with van der Waals surface area (Å²) in [5.74, 6) is -0.00762. The quantitative estimate of drug-likeness (QED) is 0.380. The summed E-state index contributed by atoms with van der Waals surface area (Å²) in [6.07, 6.45) is 2.28. The van der Waals surface area contributed by atoms with Gasteiger partial charge in [0.1, 0.15) is 22.8 Å². The number of carbonyl (C=O) groups is 1. The molecule has 0 spiro atoms. The summed E-state index contributed by atoms with van der Waals surface area (Å²) in [4.78, 5) is 22.9. The summed E-state index contributed by atoms with van der Waals surface area (Å²) in [7, 11) is 0. The monoisotopic (exact) mass is 421 g/mol. The van der Waals surface area contributed by atoms with Gasteiger partial charge >= 0.3 is 5.97 Å². The van der Waals surface area contributed by atoms with Crippen LogP contribution in [0.2, 0.25) is 0 Å². The maximum Gasteiger partial charge on any atom is 0.338 e. The van der Waals surface area contributed by atoms with Crippen molar-refractivity contribution in [3.05, 3.63) is 71.1 Å². The minimum absolute atomic E-state index is 0.280. The zero-order valence-electron chi connectivity index (χ0n) is 16.6. The van der Waals surface area contributed by atoms with Crippen molar-refractivity contribution in [2.24, 2.45) is 0 Å². The van der Waals surface area contributed by atoms with Gasteiger partial charge in [-0.25, -0.2) is 19.2 Å². The van der Waals surface area contributed by atoms with Crippen molar-refractivity contribution in [3.63, 3.8) is 0 Å². The molecule has 4 rings (SSSR count). The van der Waals surface area contributed by atoms with Crippen LogP contribution in [-0.4, -0.2) is 22.5 Å². The predicted octanol–water partition coefficient (Wildman–Crippen LogP) is 6.12. The first-order valence-corrected chi connectivity index (χ1v) is 10.4. The Labute approximate surface area is 177 Å². The fourth-order valence-electron chi connectivity index (χ4n) is 3.24. The molecular weight excluding hydrogens is 401 g/mol. The molecule has 0 saturated carbocycles. The molecule has 30 heavy (non-hydrogen) atoms. The summed E-state index contributed by atoms with van der Waals surface area (Å²) in [6, 6.07) is 13.5. The Balaban J connectivity index is 1.74. The number of thiophene rings is 1. The molecule has 0 bridgehead atoms. The molecule has 0 aliphatic carbocycles. The van der Waals surface area contributed by atoms with Crippen LogP contribution in [0, 0.1) is 12.7 Å². The predicted molar refractivity (Wildman–Crippen MR) is 118 cm³/mol. The number of rotatable bonds is 6. The van der Waals surface area contributed by atoms with Crippen LogP contribution in [-0.2, 0) is 4.74 Å². The summed E-state index contributed by atoms with van der Waals surface area (Å²) in [5, 5.41) is 4.17. The SMILES string of the molecule is CCCOC(=O)c1cccc(Nc2ncnc3sc(C)c(-c4ccc(F)cc4)c23)c1. The number of halogens is 1. The van der Waals surface area contributed by atoms with Crippen molar-refractivity contribution in [2.45, 2.75) is 20.3 Å². The molecule has 0 saturated heterocycles. The molecule has 2 aromatic heterocycles. The lowest BCUT2D eigenvalue weighted by Gasteiger charge is -2.10. The number of esters is 1. The van der Waals surface area contributed by atoms with E-state index in [1.54, 1.807) is 41.7 Å². The van der Waals surface area contributed by atoms with Gasteiger partial charge in [0.15, 0.2) is 0 Å². The van der Waals surface area contributed by atoms with Crippen LogP contribution in [0.15, 0.2) is 54.9 Å². The topological polar surface area (TPSA) is 64.1 Å². The van der Waals surface area contributed by atoms with E-state index in [0.717, 1.165) is 38.3 Å². The normalized spacial score (nSPS) is 10.9. The molecule has 2 heterocycles. The average molecular weight is 421 g/mol. The number of nitrogens with zero attached hydrogens (tertiary/aromatic N) is 2. The Morgan fingerprint density at radius 3 is 2.73 bits per heavy atom. The first kappa shape index (κ1) is 20.0. The third-order valence-corrected chi connectivity index (χ3v) is 5.61. The highest BCUT2D eigenvalue weighted by atomic mass is 32.1. The Morgan fingerprint density at radius 2 is 1.97 bits per heavy atom. The molecule has 1 N–H and O–H groups in total. The van der Waals surface area contributed by atoms with Gasteiger partial charge in [-0.15, -0.1) is 11.3 Å². The Kier molecular flexibility index (Phi) is 5.72. The molecule has 0 atom stereocenters. The van der Waals surface area contributed by atoms with E-state index in [0.29, 0.717) is 18.0 Å². The molecular formula is C23H20FN3O2S. The van der Waals surface area contributed by atoms with Crippen LogP contribution >= 0.6 is 11.3 Å². The second kappa shape index (κ2) is 8.59. The Hall–Kier alpha value is -3.32. The fraction of sp³-hybridized carbons (Fsp3) is 0.174. The number of aromatic nitrogens is 2. The number of fused-ring (bicyclic) bond motifs is 1. The maximum atomic E-state index is 13.4. The number of ether oxygens (including phenoxy) is 1. The molecule has 0 aliphatic rings. The largest absolute Gasteiger partial charge is 0.462 e. The van der Waals surface area contributed by atoms with Crippen molar-refractivity contribution in [2.75, 3.05) is 11.9 Å². The Bertz CT molecular complexity index is 1210. The van der Waals surface area contributed by atoms with Gasteiger partial charge in [0, 0.05) is 16.1 Å². The highest BCUT2D eigenvalue weighted by Gasteiger charge is 2.17. The maximum absolute atomic E-state index is 13.4. The lowest BCUT2D eigenvalue weighted by Crippen LogP contribution is -2.06. The van der Waals surface area contributed by atoms with E-state index < -0.39 is 0 Å². The molecule has 0 aliphatic heterocycles. The molecule has 2 aromatic carbocycles. The summed E-state index contributed by atoms with van der Waals surface area (Å²) < 4.78 is 18.6. The van der Waals surface area contributed by atoms with E-state index in [9.17, 15) is 9.18 Å². The minimum atomic E-state index is -0.355. The summed E-state index contributed by atoms with van der Waals surface area (Å²) in [5.41, 5.74) is 3.06.